The molecule has 0 radical (unpaired) electrons. The van der Waals surface area contributed by atoms with Crippen molar-refractivity contribution in [2.45, 2.75) is 57.5 Å². The van der Waals surface area contributed by atoms with Crippen molar-refractivity contribution in [1.29, 1.82) is 0 Å². The van der Waals surface area contributed by atoms with Gasteiger partial charge in [-0.25, -0.2) is 0 Å². The van der Waals surface area contributed by atoms with Crippen LogP contribution in [-0.4, -0.2) is 70.2 Å². The van der Waals surface area contributed by atoms with Gasteiger partial charge in [-0.3, -0.25) is 14.4 Å². The van der Waals surface area contributed by atoms with E-state index in [1.165, 1.54) is 0 Å². The highest BCUT2D eigenvalue weighted by atomic mass is 16.2. The number of aryl methyl sites for hydroxylation is 1. The van der Waals surface area contributed by atoms with Gasteiger partial charge in [0.05, 0.1) is 11.5 Å². The maximum absolute atomic E-state index is 13.9. The highest BCUT2D eigenvalue weighted by molar-refractivity contribution is 6.02. The van der Waals surface area contributed by atoms with Crippen LogP contribution in [0, 0.1) is 6.92 Å². The first-order chi connectivity index (χ1) is 16.3. The van der Waals surface area contributed by atoms with Gasteiger partial charge >= 0.3 is 0 Å². The number of fused-ring (bicyclic) bond motifs is 1. The van der Waals surface area contributed by atoms with Gasteiger partial charge in [0.15, 0.2) is 0 Å². The number of carbonyl (C=O) groups is 3. The van der Waals surface area contributed by atoms with Crippen molar-refractivity contribution in [3.8, 4) is 0 Å². The van der Waals surface area contributed by atoms with Crippen molar-refractivity contribution in [2.24, 2.45) is 0 Å². The summed E-state index contributed by atoms with van der Waals surface area (Å²) in [4.78, 5) is 46.6. The standard InChI is InChI=1S/C28H33N3O3/c1-19(2)31-26(33)23-8-5-4-7-22(23)24(27(34)29-15-6-16-29)28(31)13-17-30(18-14-28)25(32)21-11-9-20(3)10-12-21/h4-5,7-12,19,24H,6,13-18H2,1-3H3. The molecule has 178 valence electrons. The lowest BCUT2D eigenvalue weighted by molar-refractivity contribution is -0.142. The van der Waals surface area contributed by atoms with Crippen LogP contribution in [0.25, 0.3) is 0 Å². The first-order valence-corrected chi connectivity index (χ1v) is 12.4. The number of likely N-dealkylation sites (tertiary alicyclic amines) is 2. The molecule has 6 heteroatoms. The highest BCUT2D eigenvalue weighted by Gasteiger charge is 2.57. The monoisotopic (exact) mass is 459 g/mol. The molecule has 34 heavy (non-hydrogen) atoms. The van der Waals surface area contributed by atoms with Gasteiger partial charge < -0.3 is 14.7 Å². The van der Waals surface area contributed by atoms with Crippen LogP contribution in [0.15, 0.2) is 48.5 Å². The minimum Gasteiger partial charge on any atom is -0.342 e. The third-order valence-electron chi connectivity index (χ3n) is 7.88. The Morgan fingerprint density at radius 3 is 2.15 bits per heavy atom. The summed E-state index contributed by atoms with van der Waals surface area (Å²) >= 11 is 0. The van der Waals surface area contributed by atoms with E-state index < -0.39 is 11.5 Å². The van der Waals surface area contributed by atoms with Crippen molar-refractivity contribution in [2.75, 3.05) is 26.2 Å². The fraction of sp³-hybridized carbons (Fsp3) is 0.464. The molecule has 0 aromatic heterocycles. The van der Waals surface area contributed by atoms with Crippen LogP contribution in [0.5, 0.6) is 0 Å². The predicted octanol–water partition coefficient (Wildman–Crippen LogP) is 3.85. The predicted molar refractivity (Wildman–Crippen MR) is 131 cm³/mol. The van der Waals surface area contributed by atoms with Gasteiger partial charge in [0.2, 0.25) is 5.91 Å². The van der Waals surface area contributed by atoms with E-state index in [9.17, 15) is 14.4 Å². The first kappa shape index (κ1) is 22.6. The van der Waals surface area contributed by atoms with Crippen LogP contribution in [0.3, 0.4) is 0 Å². The molecule has 1 unspecified atom stereocenters. The molecular formula is C28H33N3O3. The van der Waals surface area contributed by atoms with E-state index in [2.05, 4.69) is 0 Å². The lowest BCUT2D eigenvalue weighted by Gasteiger charge is -2.57. The van der Waals surface area contributed by atoms with Crippen molar-refractivity contribution in [3.63, 3.8) is 0 Å². The van der Waals surface area contributed by atoms with Gasteiger partial charge in [-0.05, 0) is 63.8 Å². The summed E-state index contributed by atoms with van der Waals surface area (Å²) in [6, 6.07) is 15.2. The zero-order valence-electron chi connectivity index (χ0n) is 20.3. The number of hydrogen-bond acceptors (Lipinski definition) is 3. The number of carbonyl (C=O) groups excluding carboxylic acids is 3. The molecule has 0 aliphatic carbocycles. The summed E-state index contributed by atoms with van der Waals surface area (Å²) in [5, 5.41) is 0. The van der Waals surface area contributed by atoms with E-state index in [0.29, 0.717) is 37.1 Å². The molecule has 0 N–H and O–H groups in total. The fourth-order valence-corrected chi connectivity index (χ4v) is 6.04. The minimum absolute atomic E-state index is 0.00318. The molecule has 2 saturated heterocycles. The van der Waals surface area contributed by atoms with Crippen LogP contribution in [0.4, 0.5) is 0 Å². The Morgan fingerprint density at radius 2 is 1.56 bits per heavy atom. The number of benzene rings is 2. The molecule has 3 heterocycles. The molecule has 3 aliphatic heterocycles. The highest BCUT2D eigenvalue weighted by Crippen LogP contribution is 2.49. The summed E-state index contributed by atoms with van der Waals surface area (Å²) in [7, 11) is 0. The second-order valence-corrected chi connectivity index (χ2v) is 10.2. The number of rotatable bonds is 3. The Morgan fingerprint density at radius 1 is 0.912 bits per heavy atom. The van der Waals surface area contributed by atoms with E-state index >= 15 is 0 Å². The van der Waals surface area contributed by atoms with Gasteiger partial charge in [0.25, 0.3) is 11.8 Å². The summed E-state index contributed by atoms with van der Waals surface area (Å²) in [5.74, 6) is -0.272. The lowest BCUT2D eigenvalue weighted by Crippen LogP contribution is -2.68. The van der Waals surface area contributed by atoms with Crippen LogP contribution in [-0.2, 0) is 4.79 Å². The molecule has 3 aliphatic rings. The zero-order valence-corrected chi connectivity index (χ0v) is 20.3. The number of hydrogen-bond donors (Lipinski definition) is 0. The second-order valence-electron chi connectivity index (χ2n) is 10.2. The number of piperidine rings is 1. The zero-order chi connectivity index (χ0) is 24.0. The molecular weight excluding hydrogens is 426 g/mol. The maximum Gasteiger partial charge on any atom is 0.254 e. The van der Waals surface area contributed by atoms with E-state index in [1.54, 1.807) is 0 Å². The van der Waals surface area contributed by atoms with E-state index in [0.717, 1.165) is 30.6 Å². The van der Waals surface area contributed by atoms with Crippen LogP contribution in [0.1, 0.15) is 70.9 Å². The molecule has 1 spiro atoms. The molecule has 2 fully saturated rings. The lowest BCUT2D eigenvalue weighted by atomic mass is 9.66. The van der Waals surface area contributed by atoms with Crippen LogP contribution >= 0.6 is 0 Å². The molecule has 2 aromatic carbocycles. The van der Waals surface area contributed by atoms with E-state index in [-0.39, 0.29) is 23.8 Å². The topological polar surface area (TPSA) is 60.9 Å². The average Bonchev–Trinajstić information content (AvgIpc) is 2.78. The van der Waals surface area contributed by atoms with Gasteiger partial charge in [-0.1, -0.05) is 35.9 Å². The minimum atomic E-state index is -0.629. The van der Waals surface area contributed by atoms with Crippen LogP contribution < -0.4 is 0 Å². The molecule has 2 aromatic rings. The van der Waals surface area contributed by atoms with Gasteiger partial charge in [0.1, 0.15) is 0 Å². The van der Waals surface area contributed by atoms with E-state index in [4.69, 9.17) is 0 Å². The second kappa shape index (κ2) is 8.57. The van der Waals surface area contributed by atoms with Gasteiger partial charge in [0, 0.05) is 43.3 Å². The maximum atomic E-state index is 13.9. The SMILES string of the molecule is Cc1ccc(C(=O)N2CCC3(CC2)C(C(=O)N2CCC2)c2ccccc2C(=O)N3C(C)C)cc1. The Balaban J connectivity index is 1.52. The van der Waals surface area contributed by atoms with Crippen molar-refractivity contribution >= 4 is 17.7 Å². The van der Waals surface area contributed by atoms with Crippen molar-refractivity contribution < 1.29 is 14.4 Å². The Hall–Kier alpha value is -3.15. The largest absolute Gasteiger partial charge is 0.342 e. The smallest absolute Gasteiger partial charge is 0.254 e. The Bertz CT molecular complexity index is 1110. The average molecular weight is 460 g/mol. The van der Waals surface area contributed by atoms with Crippen LogP contribution in [0.2, 0.25) is 0 Å². The fourth-order valence-electron chi connectivity index (χ4n) is 6.04. The van der Waals surface area contributed by atoms with Gasteiger partial charge in [-0.15, -0.1) is 0 Å². The Labute approximate surface area is 201 Å². The van der Waals surface area contributed by atoms with Gasteiger partial charge in [-0.2, -0.15) is 0 Å². The molecule has 6 nitrogen and oxygen atoms in total. The van der Waals surface area contributed by atoms with Crippen molar-refractivity contribution in [3.05, 3.63) is 70.8 Å². The summed E-state index contributed by atoms with van der Waals surface area (Å²) in [6.07, 6.45) is 2.21. The molecule has 1 atom stereocenters. The molecule has 0 bridgehead atoms. The summed E-state index contributed by atoms with van der Waals surface area (Å²) in [6.45, 7) is 8.67. The third-order valence-corrected chi connectivity index (χ3v) is 7.88. The normalized spacial score (nSPS) is 21.5. The summed E-state index contributed by atoms with van der Waals surface area (Å²) in [5.41, 5.74) is 2.66. The van der Waals surface area contributed by atoms with Crippen molar-refractivity contribution in [1.82, 2.24) is 14.7 Å². The molecule has 3 amide bonds. The quantitative estimate of drug-likeness (QED) is 0.701. The molecule has 0 saturated carbocycles. The number of nitrogens with zero attached hydrogens (tertiary/aromatic N) is 3. The summed E-state index contributed by atoms with van der Waals surface area (Å²) < 4.78 is 0. The van der Waals surface area contributed by atoms with E-state index in [1.807, 2.05) is 84.0 Å². The third kappa shape index (κ3) is 3.51. The first-order valence-electron chi connectivity index (χ1n) is 12.4. The number of amides is 3. The molecule has 5 rings (SSSR count). The Kier molecular flexibility index (Phi) is 5.70.